The lowest BCUT2D eigenvalue weighted by Crippen LogP contribution is -2.49. The van der Waals surface area contributed by atoms with Crippen LogP contribution in [0.2, 0.25) is 0 Å². The molecule has 0 spiro atoms. The molecule has 2 heterocycles. The predicted octanol–water partition coefficient (Wildman–Crippen LogP) is -1.16. The third-order valence-corrected chi connectivity index (χ3v) is 3.17. The first-order chi connectivity index (χ1) is 9.58. The molecule has 0 aliphatic carbocycles. The van der Waals surface area contributed by atoms with Gasteiger partial charge < -0.3 is 20.5 Å². The number of amides is 2. The van der Waals surface area contributed by atoms with E-state index in [9.17, 15) is 14.4 Å². The van der Waals surface area contributed by atoms with Crippen molar-refractivity contribution in [2.24, 2.45) is 0 Å². The standard InChI is InChI=1S/C13H18N4O3/c1-9-6-11(18)10(7-15-9)13(20)16-8-12(19)17-4-2-14-3-5-17/h6-7,14H,2-5,8H2,1H3,(H,15,18)(H,16,20). The van der Waals surface area contributed by atoms with Crippen LogP contribution in [-0.4, -0.2) is 54.4 Å². The van der Waals surface area contributed by atoms with Gasteiger partial charge in [0.15, 0.2) is 5.43 Å². The summed E-state index contributed by atoms with van der Waals surface area (Å²) in [5.41, 5.74) is 0.348. The van der Waals surface area contributed by atoms with Gasteiger partial charge in [-0.25, -0.2) is 0 Å². The summed E-state index contributed by atoms with van der Waals surface area (Å²) in [6, 6.07) is 1.35. The molecular formula is C13H18N4O3. The van der Waals surface area contributed by atoms with Gasteiger partial charge in [0.05, 0.1) is 6.54 Å². The van der Waals surface area contributed by atoms with Crippen LogP contribution in [0, 0.1) is 6.92 Å². The quantitative estimate of drug-likeness (QED) is 0.650. The van der Waals surface area contributed by atoms with E-state index in [1.165, 1.54) is 12.3 Å². The zero-order valence-electron chi connectivity index (χ0n) is 11.4. The van der Waals surface area contributed by atoms with E-state index in [2.05, 4.69) is 15.6 Å². The normalized spacial score (nSPS) is 14.9. The summed E-state index contributed by atoms with van der Waals surface area (Å²) >= 11 is 0. The Kier molecular flexibility index (Phi) is 4.52. The Morgan fingerprint density at radius 3 is 2.70 bits per heavy atom. The minimum atomic E-state index is -0.533. The summed E-state index contributed by atoms with van der Waals surface area (Å²) in [6.07, 6.45) is 1.36. The summed E-state index contributed by atoms with van der Waals surface area (Å²) in [4.78, 5) is 39.9. The second-order valence-corrected chi connectivity index (χ2v) is 4.71. The summed E-state index contributed by atoms with van der Waals surface area (Å²) in [6.45, 7) is 4.44. The maximum absolute atomic E-state index is 11.9. The highest BCUT2D eigenvalue weighted by Gasteiger charge is 2.17. The van der Waals surface area contributed by atoms with E-state index in [0.717, 1.165) is 13.1 Å². The number of rotatable bonds is 3. The van der Waals surface area contributed by atoms with Gasteiger partial charge in [0, 0.05) is 44.1 Å². The van der Waals surface area contributed by atoms with Crippen LogP contribution in [0.15, 0.2) is 17.1 Å². The fourth-order valence-corrected chi connectivity index (χ4v) is 2.03. The van der Waals surface area contributed by atoms with Gasteiger partial charge in [-0.15, -0.1) is 0 Å². The highest BCUT2D eigenvalue weighted by molar-refractivity contribution is 5.96. The zero-order chi connectivity index (χ0) is 14.5. The number of pyridine rings is 1. The van der Waals surface area contributed by atoms with Crippen LogP contribution < -0.4 is 16.1 Å². The number of hydrogen-bond acceptors (Lipinski definition) is 4. The second-order valence-electron chi connectivity index (χ2n) is 4.71. The van der Waals surface area contributed by atoms with Crippen LogP contribution in [0.1, 0.15) is 16.1 Å². The van der Waals surface area contributed by atoms with Gasteiger partial charge in [-0.2, -0.15) is 0 Å². The minimum Gasteiger partial charge on any atom is -0.364 e. The van der Waals surface area contributed by atoms with Gasteiger partial charge in [-0.3, -0.25) is 14.4 Å². The van der Waals surface area contributed by atoms with Crippen LogP contribution in [-0.2, 0) is 4.79 Å². The number of H-pyrrole nitrogens is 1. The van der Waals surface area contributed by atoms with Crippen LogP contribution in [0.3, 0.4) is 0 Å². The zero-order valence-corrected chi connectivity index (χ0v) is 11.4. The molecule has 0 bridgehead atoms. The molecule has 0 unspecified atom stereocenters. The summed E-state index contributed by atoms with van der Waals surface area (Å²) in [5.74, 6) is -0.668. The highest BCUT2D eigenvalue weighted by Crippen LogP contribution is 1.95. The van der Waals surface area contributed by atoms with Crippen molar-refractivity contribution in [2.45, 2.75) is 6.92 Å². The lowest BCUT2D eigenvalue weighted by atomic mass is 10.2. The first-order valence-corrected chi connectivity index (χ1v) is 6.54. The lowest BCUT2D eigenvalue weighted by molar-refractivity contribution is -0.130. The fourth-order valence-electron chi connectivity index (χ4n) is 2.03. The van der Waals surface area contributed by atoms with E-state index >= 15 is 0 Å². The monoisotopic (exact) mass is 278 g/mol. The number of nitrogens with zero attached hydrogens (tertiary/aromatic N) is 1. The molecule has 1 aliphatic rings. The summed E-state index contributed by atoms with van der Waals surface area (Å²) in [5, 5.41) is 5.63. The molecule has 1 saturated heterocycles. The third-order valence-electron chi connectivity index (χ3n) is 3.17. The topological polar surface area (TPSA) is 94.3 Å². The highest BCUT2D eigenvalue weighted by atomic mass is 16.2. The SMILES string of the molecule is Cc1cc(=O)c(C(=O)NCC(=O)N2CCNCC2)c[nH]1. The average Bonchev–Trinajstić information content (AvgIpc) is 2.45. The first kappa shape index (κ1) is 14.3. The van der Waals surface area contributed by atoms with Crippen molar-refractivity contribution in [3.63, 3.8) is 0 Å². The summed E-state index contributed by atoms with van der Waals surface area (Å²) < 4.78 is 0. The van der Waals surface area contributed by atoms with Crippen LogP contribution >= 0.6 is 0 Å². The molecule has 0 radical (unpaired) electrons. The van der Waals surface area contributed by atoms with Gasteiger partial charge in [-0.05, 0) is 6.92 Å². The fraction of sp³-hybridized carbons (Fsp3) is 0.462. The van der Waals surface area contributed by atoms with E-state index in [-0.39, 0.29) is 23.4 Å². The first-order valence-electron chi connectivity index (χ1n) is 6.54. The van der Waals surface area contributed by atoms with Crippen LogP contribution in [0.25, 0.3) is 0 Å². The van der Waals surface area contributed by atoms with E-state index in [4.69, 9.17) is 0 Å². The second kappa shape index (κ2) is 6.33. The Hall–Kier alpha value is -2.15. The van der Waals surface area contributed by atoms with E-state index in [0.29, 0.717) is 18.8 Å². The Balaban J connectivity index is 1.91. The molecule has 20 heavy (non-hydrogen) atoms. The Labute approximate surface area is 116 Å². The number of nitrogens with one attached hydrogen (secondary N) is 3. The molecule has 1 aromatic rings. The van der Waals surface area contributed by atoms with Crippen molar-refractivity contribution in [3.8, 4) is 0 Å². The van der Waals surface area contributed by atoms with Gasteiger partial charge in [0.2, 0.25) is 5.91 Å². The predicted molar refractivity (Wildman–Crippen MR) is 73.6 cm³/mol. The van der Waals surface area contributed by atoms with Crippen molar-refractivity contribution in [3.05, 3.63) is 33.7 Å². The molecule has 7 nitrogen and oxygen atoms in total. The number of aryl methyl sites for hydroxylation is 1. The Morgan fingerprint density at radius 1 is 1.35 bits per heavy atom. The molecule has 0 atom stereocenters. The van der Waals surface area contributed by atoms with Crippen molar-refractivity contribution in [2.75, 3.05) is 32.7 Å². The largest absolute Gasteiger partial charge is 0.364 e. The molecule has 2 rings (SSSR count). The van der Waals surface area contributed by atoms with Crippen molar-refractivity contribution < 1.29 is 9.59 Å². The molecule has 0 saturated carbocycles. The smallest absolute Gasteiger partial charge is 0.257 e. The molecule has 3 N–H and O–H groups in total. The molecule has 1 aliphatic heterocycles. The molecule has 2 amide bonds. The molecule has 108 valence electrons. The van der Waals surface area contributed by atoms with E-state index < -0.39 is 5.91 Å². The van der Waals surface area contributed by atoms with Gasteiger partial charge in [0.1, 0.15) is 5.56 Å². The number of aromatic nitrogens is 1. The Bertz CT molecular complexity index is 561. The molecule has 1 aromatic heterocycles. The number of piperazine rings is 1. The number of carbonyl (C=O) groups is 2. The molecule has 7 heteroatoms. The van der Waals surface area contributed by atoms with Gasteiger partial charge in [-0.1, -0.05) is 0 Å². The van der Waals surface area contributed by atoms with Gasteiger partial charge >= 0.3 is 0 Å². The minimum absolute atomic E-state index is 0.0173. The van der Waals surface area contributed by atoms with E-state index in [1.807, 2.05) is 0 Å². The lowest BCUT2D eigenvalue weighted by Gasteiger charge is -2.27. The number of hydrogen-bond donors (Lipinski definition) is 3. The molecular weight excluding hydrogens is 260 g/mol. The number of carbonyl (C=O) groups excluding carboxylic acids is 2. The van der Waals surface area contributed by atoms with Crippen LogP contribution in [0.4, 0.5) is 0 Å². The maximum atomic E-state index is 11.9. The van der Waals surface area contributed by atoms with Gasteiger partial charge in [0.25, 0.3) is 5.91 Å². The van der Waals surface area contributed by atoms with Crippen molar-refractivity contribution in [1.29, 1.82) is 0 Å². The third kappa shape index (κ3) is 3.45. The molecule has 0 aromatic carbocycles. The number of aromatic amines is 1. The van der Waals surface area contributed by atoms with E-state index in [1.54, 1.807) is 11.8 Å². The maximum Gasteiger partial charge on any atom is 0.257 e. The molecule has 1 fully saturated rings. The van der Waals surface area contributed by atoms with Crippen molar-refractivity contribution >= 4 is 11.8 Å². The van der Waals surface area contributed by atoms with Crippen LogP contribution in [0.5, 0.6) is 0 Å². The average molecular weight is 278 g/mol. The summed E-state index contributed by atoms with van der Waals surface area (Å²) in [7, 11) is 0. The Morgan fingerprint density at radius 2 is 2.05 bits per heavy atom. The van der Waals surface area contributed by atoms with Crippen molar-refractivity contribution in [1.82, 2.24) is 20.5 Å².